The highest BCUT2D eigenvalue weighted by molar-refractivity contribution is 5.54. The topological polar surface area (TPSA) is 89.6 Å². The fourth-order valence-electron chi connectivity index (χ4n) is 2.07. The number of hydrogen-bond acceptors (Lipinski definition) is 7. The van der Waals surface area contributed by atoms with Crippen molar-refractivity contribution in [2.75, 3.05) is 5.32 Å². The molecule has 0 unspecified atom stereocenters. The van der Waals surface area contributed by atoms with Crippen molar-refractivity contribution in [2.45, 2.75) is 26.3 Å². The third-order valence-corrected chi connectivity index (χ3v) is 3.06. The van der Waals surface area contributed by atoms with Gasteiger partial charge in [-0.05, 0) is 26.0 Å². The third-order valence-electron chi connectivity index (χ3n) is 3.06. The van der Waals surface area contributed by atoms with E-state index >= 15 is 0 Å². The summed E-state index contributed by atoms with van der Waals surface area (Å²) >= 11 is 0. The Hall–Kier alpha value is -2.83. The molecule has 3 aromatic heterocycles. The second-order valence-corrected chi connectivity index (χ2v) is 5.03. The molecule has 3 rings (SSSR count). The van der Waals surface area contributed by atoms with E-state index in [0.717, 1.165) is 23.5 Å². The van der Waals surface area contributed by atoms with Gasteiger partial charge in [0.1, 0.15) is 5.82 Å². The number of aromatic nitrogens is 5. The van der Waals surface area contributed by atoms with E-state index in [1.807, 2.05) is 12.1 Å². The third kappa shape index (κ3) is 3.43. The first-order valence-corrected chi connectivity index (χ1v) is 6.99. The minimum Gasteiger partial charge on any atom is -0.367 e. The van der Waals surface area contributed by atoms with Gasteiger partial charge in [-0.25, -0.2) is 4.98 Å². The summed E-state index contributed by atoms with van der Waals surface area (Å²) < 4.78 is 5.11. The summed E-state index contributed by atoms with van der Waals surface area (Å²) in [6.07, 6.45) is 7.62. The van der Waals surface area contributed by atoms with Crippen LogP contribution in [0.2, 0.25) is 0 Å². The van der Waals surface area contributed by atoms with Crippen molar-refractivity contribution in [3.05, 3.63) is 48.4 Å². The van der Waals surface area contributed by atoms with Crippen molar-refractivity contribution in [1.29, 1.82) is 0 Å². The molecule has 112 valence electrons. The Kier molecular flexibility index (Phi) is 4.04. The monoisotopic (exact) mass is 296 g/mol. The fourth-order valence-corrected chi connectivity index (χ4v) is 2.07. The second-order valence-electron chi connectivity index (χ2n) is 5.03. The van der Waals surface area contributed by atoms with Crippen LogP contribution in [0.5, 0.6) is 0 Å². The molecule has 0 aromatic carbocycles. The first-order valence-electron chi connectivity index (χ1n) is 6.99. The van der Waals surface area contributed by atoms with E-state index in [1.54, 1.807) is 31.7 Å². The van der Waals surface area contributed by atoms with Gasteiger partial charge < -0.3 is 9.84 Å². The molecular formula is C15H16N6O. The van der Waals surface area contributed by atoms with Gasteiger partial charge in [-0.2, -0.15) is 4.98 Å². The van der Waals surface area contributed by atoms with Crippen LogP contribution in [0.3, 0.4) is 0 Å². The van der Waals surface area contributed by atoms with Crippen LogP contribution in [-0.2, 0) is 6.42 Å². The SMILES string of the molecule is Cc1noc(-c2ccc(N[C@@H](C)Cc3cnccn3)nc2)n1. The van der Waals surface area contributed by atoms with Crippen LogP contribution < -0.4 is 5.32 Å². The quantitative estimate of drug-likeness (QED) is 0.772. The van der Waals surface area contributed by atoms with E-state index < -0.39 is 0 Å². The summed E-state index contributed by atoms with van der Waals surface area (Å²) in [7, 11) is 0. The van der Waals surface area contributed by atoms with Gasteiger partial charge in [0.25, 0.3) is 5.89 Å². The zero-order chi connectivity index (χ0) is 15.4. The predicted molar refractivity (Wildman–Crippen MR) is 81.1 cm³/mol. The van der Waals surface area contributed by atoms with Crippen LogP contribution in [0.25, 0.3) is 11.5 Å². The highest BCUT2D eigenvalue weighted by Crippen LogP contribution is 2.17. The van der Waals surface area contributed by atoms with E-state index in [0.29, 0.717) is 11.7 Å². The van der Waals surface area contributed by atoms with E-state index in [2.05, 4.69) is 37.3 Å². The van der Waals surface area contributed by atoms with Gasteiger partial charge in [-0.1, -0.05) is 5.16 Å². The van der Waals surface area contributed by atoms with Crippen molar-refractivity contribution in [3.8, 4) is 11.5 Å². The van der Waals surface area contributed by atoms with Crippen molar-refractivity contribution in [2.24, 2.45) is 0 Å². The molecule has 0 spiro atoms. The molecule has 1 N–H and O–H groups in total. The molecule has 7 nitrogen and oxygen atoms in total. The zero-order valence-electron chi connectivity index (χ0n) is 12.4. The van der Waals surface area contributed by atoms with Crippen LogP contribution in [0, 0.1) is 6.92 Å². The van der Waals surface area contributed by atoms with E-state index in [1.165, 1.54) is 0 Å². The summed E-state index contributed by atoms with van der Waals surface area (Å²) in [5.74, 6) is 1.87. The average molecular weight is 296 g/mol. The lowest BCUT2D eigenvalue weighted by Gasteiger charge is -2.13. The molecule has 0 radical (unpaired) electrons. The molecule has 0 saturated carbocycles. The predicted octanol–water partition coefficient (Wildman–Crippen LogP) is 2.27. The van der Waals surface area contributed by atoms with Gasteiger partial charge in [0.2, 0.25) is 0 Å². The van der Waals surface area contributed by atoms with Crippen LogP contribution in [0.4, 0.5) is 5.82 Å². The molecule has 1 atom stereocenters. The van der Waals surface area contributed by atoms with Crippen LogP contribution in [0.15, 0.2) is 41.4 Å². The van der Waals surface area contributed by atoms with Gasteiger partial charge in [-0.3, -0.25) is 9.97 Å². The van der Waals surface area contributed by atoms with E-state index in [-0.39, 0.29) is 6.04 Å². The summed E-state index contributed by atoms with van der Waals surface area (Å²) in [5.41, 5.74) is 1.74. The van der Waals surface area contributed by atoms with Crippen molar-refractivity contribution >= 4 is 5.82 Å². The Balaban J connectivity index is 1.63. The molecule has 0 aliphatic rings. The van der Waals surface area contributed by atoms with Crippen LogP contribution in [-0.4, -0.2) is 31.1 Å². The van der Waals surface area contributed by atoms with Gasteiger partial charge in [-0.15, -0.1) is 0 Å². The molecule has 3 heterocycles. The largest absolute Gasteiger partial charge is 0.367 e. The molecule has 0 aliphatic carbocycles. The first kappa shape index (κ1) is 14.1. The van der Waals surface area contributed by atoms with Crippen LogP contribution >= 0.6 is 0 Å². The number of pyridine rings is 1. The van der Waals surface area contributed by atoms with Gasteiger partial charge in [0, 0.05) is 37.3 Å². The standard InChI is InChI=1S/C15H16N6O/c1-10(7-13-9-16-5-6-17-13)19-14-4-3-12(8-18-14)15-20-11(2)21-22-15/h3-6,8-10H,7H2,1-2H3,(H,18,19)/t10-/m0/s1. The Morgan fingerprint density at radius 1 is 1.18 bits per heavy atom. The number of aryl methyl sites for hydroxylation is 1. The summed E-state index contributed by atoms with van der Waals surface area (Å²) in [6, 6.07) is 3.99. The Morgan fingerprint density at radius 3 is 2.73 bits per heavy atom. The molecule has 0 amide bonds. The van der Waals surface area contributed by atoms with Gasteiger partial charge >= 0.3 is 0 Å². The van der Waals surface area contributed by atoms with E-state index in [4.69, 9.17) is 4.52 Å². The fraction of sp³-hybridized carbons (Fsp3) is 0.267. The van der Waals surface area contributed by atoms with Gasteiger partial charge in [0.05, 0.1) is 11.3 Å². The molecule has 0 saturated heterocycles. The van der Waals surface area contributed by atoms with Gasteiger partial charge in [0.15, 0.2) is 5.82 Å². The van der Waals surface area contributed by atoms with Crippen molar-refractivity contribution < 1.29 is 4.52 Å². The summed E-state index contributed by atoms with van der Waals surface area (Å²) in [4.78, 5) is 16.9. The van der Waals surface area contributed by atoms with Crippen molar-refractivity contribution in [3.63, 3.8) is 0 Å². The number of nitrogens with one attached hydrogen (secondary N) is 1. The Morgan fingerprint density at radius 2 is 2.09 bits per heavy atom. The summed E-state index contributed by atoms with van der Waals surface area (Å²) in [6.45, 7) is 3.86. The number of hydrogen-bond donors (Lipinski definition) is 1. The Bertz CT molecular complexity index is 725. The molecular weight excluding hydrogens is 280 g/mol. The van der Waals surface area contributed by atoms with Crippen LogP contribution in [0.1, 0.15) is 18.4 Å². The molecule has 3 aromatic rings. The first-order chi connectivity index (χ1) is 10.7. The maximum absolute atomic E-state index is 5.11. The highest BCUT2D eigenvalue weighted by Gasteiger charge is 2.08. The summed E-state index contributed by atoms with van der Waals surface area (Å²) in [5, 5.41) is 7.10. The number of anilines is 1. The maximum atomic E-state index is 5.11. The molecule has 7 heteroatoms. The normalized spacial score (nSPS) is 12.1. The second kappa shape index (κ2) is 6.30. The smallest absolute Gasteiger partial charge is 0.259 e. The maximum Gasteiger partial charge on any atom is 0.259 e. The minimum absolute atomic E-state index is 0.195. The molecule has 0 fully saturated rings. The minimum atomic E-state index is 0.195. The highest BCUT2D eigenvalue weighted by atomic mass is 16.5. The lowest BCUT2D eigenvalue weighted by molar-refractivity contribution is 0.425. The molecule has 0 aliphatic heterocycles. The Labute approximate surface area is 127 Å². The van der Waals surface area contributed by atoms with E-state index in [9.17, 15) is 0 Å². The molecule has 0 bridgehead atoms. The lowest BCUT2D eigenvalue weighted by atomic mass is 10.2. The average Bonchev–Trinajstić information content (AvgIpc) is 2.95. The molecule has 22 heavy (non-hydrogen) atoms. The lowest BCUT2D eigenvalue weighted by Crippen LogP contribution is -2.19. The zero-order valence-corrected chi connectivity index (χ0v) is 12.4. The number of nitrogens with zero attached hydrogens (tertiary/aromatic N) is 5. The van der Waals surface area contributed by atoms with Crippen molar-refractivity contribution in [1.82, 2.24) is 25.1 Å². The number of rotatable bonds is 5.